The Kier molecular flexibility index (Phi) is 3.24. The standard InChI is InChI=1S/C13H13FN6/c1-2-9-11(14)13(18-7-17-9)16-6-10-8-4-3-5-15-12(8)20-19-10/h3-5,7H,2,6H2,1H3,(H,15,19,20)(H,16,17,18). The molecular weight excluding hydrogens is 259 g/mol. The van der Waals surface area contributed by atoms with Gasteiger partial charge in [-0.2, -0.15) is 5.10 Å². The van der Waals surface area contributed by atoms with Gasteiger partial charge in [0.15, 0.2) is 17.3 Å². The van der Waals surface area contributed by atoms with Crippen LogP contribution in [-0.4, -0.2) is 25.1 Å². The predicted molar refractivity (Wildman–Crippen MR) is 72.6 cm³/mol. The second-order valence-corrected chi connectivity index (χ2v) is 4.27. The lowest BCUT2D eigenvalue weighted by Gasteiger charge is -2.07. The SMILES string of the molecule is CCc1ncnc(NCc2[nH]nc3ncccc23)c1F. The Hall–Kier alpha value is -2.57. The van der Waals surface area contributed by atoms with Crippen LogP contribution >= 0.6 is 0 Å². The molecule has 20 heavy (non-hydrogen) atoms. The van der Waals surface area contributed by atoms with E-state index in [-0.39, 0.29) is 5.82 Å². The average molecular weight is 272 g/mol. The fraction of sp³-hybridized carbons (Fsp3) is 0.231. The van der Waals surface area contributed by atoms with Gasteiger partial charge in [-0.1, -0.05) is 6.92 Å². The van der Waals surface area contributed by atoms with Crippen molar-refractivity contribution in [2.45, 2.75) is 19.9 Å². The first-order valence-corrected chi connectivity index (χ1v) is 6.30. The van der Waals surface area contributed by atoms with Crippen molar-refractivity contribution in [3.63, 3.8) is 0 Å². The van der Waals surface area contributed by atoms with Gasteiger partial charge < -0.3 is 5.32 Å². The van der Waals surface area contributed by atoms with Gasteiger partial charge in [-0.05, 0) is 18.6 Å². The molecule has 0 saturated heterocycles. The van der Waals surface area contributed by atoms with Crippen LogP contribution in [0.25, 0.3) is 11.0 Å². The molecule has 0 amide bonds. The number of hydrogen-bond acceptors (Lipinski definition) is 5. The van der Waals surface area contributed by atoms with Crippen molar-refractivity contribution >= 4 is 16.9 Å². The van der Waals surface area contributed by atoms with Gasteiger partial charge in [-0.3, -0.25) is 5.10 Å². The number of aryl methyl sites for hydroxylation is 1. The maximum Gasteiger partial charge on any atom is 0.186 e. The quantitative estimate of drug-likeness (QED) is 0.760. The first kappa shape index (κ1) is 12.5. The number of anilines is 1. The highest BCUT2D eigenvalue weighted by atomic mass is 19.1. The third-order valence-corrected chi connectivity index (χ3v) is 3.04. The normalized spacial score (nSPS) is 10.9. The highest BCUT2D eigenvalue weighted by Crippen LogP contribution is 2.17. The van der Waals surface area contributed by atoms with Crippen LogP contribution in [0.3, 0.4) is 0 Å². The molecule has 7 heteroatoms. The number of rotatable bonds is 4. The zero-order valence-corrected chi connectivity index (χ0v) is 10.9. The second-order valence-electron chi connectivity index (χ2n) is 4.27. The summed E-state index contributed by atoms with van der Waals surface area (Å²) in [7, 11) is 0. The summed E-state index contributed by atoms with van der Waals surface area (Å²) in [6, 6.07) is 3.75. The number of aromatic nitrogens is 5. The Morgan fingerprint density at radius 2 is 2.20 bits per heavy atom. The maximum absolute atomic E-state index is 14.0. The summed E-state index contributed by atoms with van der Waals surface area (Å²) in [6.07, 6.45) is 3.56. The molecule has 0 atom stereocenters. The lowest BCUT2D eigenvalue weighted by atomic mass is 10.2. The molecule has 0 aromatic carbocycles. The number of nitrogens with zero attached hydrogens (tertiary/aromatic N) is 4. The summed E-state index contributed by atoms with van der Waals surface area (Å²) >= 11 is 0. The van der Waals surface area contributed by atoms with Gasteiger partial charge in [-0.25, -0.2) is 19.3 Å². The summed E-state index contributed by atoms with van der Waals surface area (Å²) in [5, 5.41) is 10.8. The molecule has 0 saturated carbocycles. The van der Waals surface area contributed by atoms with Crippen molar-refractivity contribution in [2.24, 2.45) is 0 Å². The fourth-order valence-corrected chi connectivity index (χ4v) is 1.99. The number of aromatic amines is 1. The van der Waals surface area contributed by atoms with E-state index in [0.717, 1.165) is 11.1 Å². The van der Waals surface area contributed by atoms with Crippen LogP contribution in [0.5, 0.6) is 0 Å². The van der Waals surface area contributed by atoms with Crippen molar-refractivity contribution in [2.75, 3.05) is 5.32 Å². The van der Waals surface area contributed by atoms with Crippen LogP contribution in [0.1, 0.15) is 18.3 Å². The Morgan fingerprint density at radius 3 is 3.05 bits per heavy atom. The van der Waals surface area contributed by atoms with E-state index in [4.69, 9.17) is 0 Å². The Bertz CT molecular complexity index is 739. The highest BCUT2D eigenvalue weighted by Gasteiger charge is 2.11. The van der Waals surface area contributed by atoms with E-state index in [1.807, 2.05) is 19.1 Å². The predicted octanol–water partition coefficient (Wildman–Crippen LogP) is 2.06. The van der Waals surface area contributed by atoms with Crippen LogP contribution < -0.4 is 5.32 Å². The monoisotopic (exact) mass is 272 g/mol. The van der Waals surface area contributed by atoms with E-state index in [0.29, 0.717) is 24.3 Å². The number of H-pyrrole nitrogens is 1. The van der Waals surface area contributed by atoms with Crippen LogP contribution in [0.4, 0.5) is 10.2 Å². The Morgan fingerprint density at radius 1 is 1.30 bits per heavy atom. The summed E-state index contributed by atoms with van der Waals surface area (Å²) in [6.45, 7) is 2.24. The zero-order chi connectivity index (χ0) is 13.9. The molecule has 0 aliphatic rings. The molecule has 2 N–H and O–H groups in total. The lowest BCUT2D eigenvalue weighted by Crippen LogP contribution is -2.07. The zero-order valence-electron chi connectivity index (χ0n) is 10.9. The van der Waals surface area contributed by atoms with Crippen molar-refractivity contribution in [3.05, 3.63) is 41.9 Å². The van der Waals surface area contributed by atoms with Gasteiger partial charge in [-0.15, -0.1) is 0 Å². The van der Waals surface area contributed by atoms with Crippen LogP contribution in [0, 0.1) is 5.82 Å². The van der Waals surface area contributed by atoms with E-state index in [2.05, 4.69) is 30.5 Å². The van der Waals surface area contributed by atoms with Gasteiger partial charge in [0.05, 0.1) is 17.9 Å². The molecule has 3 heterocycles. The Labute approximate surface area is 114 Å². The van der Waals surface area contributed by atoms with E-state index in [1.165, 1.54) is 6.33 Å². The summed E-state index contributed by atoms with van der Waals surface area (Å²) < 4.78 is 14.0. The number of hydrogen-bond donors (Lipinski definition) is 2. The van der Waals surface area contributed by atoms with E-state index in [1.54, 1.807) is 6.20 Å². The molecule has 0 bridgehead atoms. The molecule has 3 aromatic rings. The highest BCUT2D eigenvalue weighted by molar-refractivity contribution is 5.77. The minimum atomic E-state index is -0.406. The molecule has 0 radical (unpaired) electrons. The largest absolute Gasteiger partial charge is 0.362 e. The fourth-order valence-electron chi connectivity index (χ4n) is 1.99. The molecule has 6 nitrogen and oxygen atoms in total. The molecule has 0 unspecified atom stereocenters. The van der Waals surface area contributed by atoms with Crippen molar-refractivity contribution in [3.8, 4) is 0 Å². The summed E-state index contributed by atoms with van der Waals surface area (Å²) in [4.78, 5) is 11.9. The summed E-state index contributed by atoms with van der Waals surface area (Å²) in [5.41, 5.74) is 1.88. The molecule has 3 aromatic heterocycles. The van der Waals surface area contributed by atoms with Crippen LogP contribution in [0.2, 0.25) is 0 Å². The van der Waals surface area contributed by atoms with Gasteiger partial charge in [0.25, 0.3) is 0 Å². The van der Waals surface area contributed by atoms with Gasteiger partial charge in [0.1, 0.15) is 6.33 Å². The first-order chi connectivity index (χ1) is 9.79. The van der Waals surface area contributed by atoms with Crippen molar-refractivity contribution in [1.29, 1.82) is 0 Å². The lowest BCUT2D eigenvalue weighted by molar-refractivity contribution is 0.596. The van der Waals surface area contributed by atoms with Crippen molar-refractivity contribution < 1.29 is 4.39 Å². The van der Waals surface area contributed by atoms with Crippen molar-refractivity contribution in [1.82, 2.24) is 25.1 Å². The van der Waals surface area contributed by atoms with E-state index < -0.39 is 5.82 Å². The molecule has 102 valence electrons. The molecule has 0 fully saturated rings. The van der Waals surface area contributed by atoms with E-state index in [9.17, 15) is 4.39 Å². The van der Waals surface area contributed by atoms with Gasteiger partial charge in [0.2, 0.25) is 0 Å². The van der Waals surface area contributed by atoms with Gasteiger partial charge in [0, 0.05) is 11.6 Å². The second kappa shape index (κ2) is 5.20. The molecule has 3 rings (SSSR count). The smallest absolute Gasteiger partial charge is 0.186 e. The van der Waals surface area contributed by atoms with E-state index >= 15 is 0 Å². The third-order valence-electron chi connectivity index (χ3n) is 3.04. The minimum Gasteiger partial charge on any atom is -0.362 e. The molecule has 0 aliphatic carbocycles. The number of fused-ring (bicyclic) bond motifs is 1. The first-order valence-electron chi connectivity index (χ1n) is 6.30. The van der Waals surface area contributed by atoms with Crippen LogP contribution in [0.15, 0.2) is 24.7 Å². The summed E-state index contributed by atoms with van der Waals surface area (Å²) in [5.74, 6) is -0.208. The minimum absolute atomic E-state index is 0.198. The number of halogens is 1. The number of pyridine rings is 1. The molecule has 0 aliphatic heterocycles. The van der Waals surface area contributed by atoms with Crippen LogP contribution in [-0.2, 0) is 13.0 Å². The number of nitrogens with one attached hydrogen (secondary N) is 2. The Balaban J connectivity index is 1.83. The average Bonchev–Trinajstić information content (AvgIpc) is 2.89. The maximum atomic E-state index is 14.0. The molecular formula is C13H13FN6. The topological polar surface area (TPSA) is 79.4 Å². The third kappa shape index (κ3) is 2.18. The molecule has 0 spiro atoms. The van der Waals surface area contributed by atoms with Gasteiger partial charge >= 0.3 is 0 Å².